The lowest BCUT2D eigenvalue weighted by Crippen LogP contribution is -2.01. The zero-order valence-corrected chi connectivity index (χ0v) is 12.2. The number of hydrogen-bond acceptors (Lipinski definition) is 3. The normalized spacial score (nSPS) is 10.3. The molecule has 0 fully saturated rings. The number of aromatic carboxylic acids is 1. The smallest absolute Gasteiger partial charge is 0.339 e. The van der Waals surface area contributed by atoms with E-state index in [1.54, 1.807) is 6.20 Å². The van der Waals surface area contributed by atoms with Gasteiger partial charge in [0.1, 0.15) is 11.3 Å². The highest BCUT2D eigenvalue weighted by atomic mass is 79.9. The first-order valence-corrected chi connectivity index (χ1v) is 6.47. The van der Waals surface area contributed by atoms with Crippen LogP contribution in [-0.4, -0.2) is 16.1 Å². The summed E-state index contributed by atoms with van der Waals surface area (Å²) in [6.45, 7) is 1.89. The zero-order valence-electron chi connectivity index (χ0n) is 9.85. The molecule has 0 atom stereocenters. The van der Waals surface area contributed by atoms with Gasteiger partial charge in [-0.1, -0.05) is 11.6 Å². The van der Waals surface area contributed by atoms with Crippen molar-refractivity contribution in [2.75, 3.05) is 0 Å². The van der Waals surface area contributed by atoms with Crippen LogP contribution in [0.1, 0.15) is 15.9 Å². The van der Waals surface area contributed by atoms with Crippen LogP contribution in [0, 0.1) is 6.92 Å². The third kappa shape index (κ3) is 3.24. The summed E-state index contributed by atoms with van der Waals surface area (Å²) in [5, 5.41) is 9.48. The van der Waals surface area contributed by atoms with Crippen LogP contribution in [0.2, 0.25) is 5.02 Å². The highest BCUT2D eigenvalue weighted by molar-refractivity contribution is 9.10. The molecule has 19 heavy (non-hydrogen) atoms. The number of carboxylic acids is 1. The molecule has 0 saturated heterocycles. The fraction of sp³-hybridized carbons (Fsp3) is 0.0769. The number of rotatable bonds is 3. The second-order valence-corrected chi connectivity index (χ2v) is 5.14. The molecule has 6 heteroatoms. The van der Waals surface area contributed by atoms with Gasteiger partial charge in [-0.15, -0.1) is 0 Å². The van der Waals surface area contributed by atoms with E-state index in [1.807, 2.05) is 13.0 Å². The van der Waals surface area contributed by atoms with Gasteiger partial charge in [-0.25, -0.2) is 9.78 Å². The maximum Gasteiger partial charge on any atom is 0.339 e. The van der Waals surface area contributed by atoms with E-state index >= 15 is 0 Å². The van der Waals surface area contributed by atoms with Crippen molar-refractivity contribution in [3.8, 4) is 11.6 Å². The number of pyridine rings is 1. The van der Waals surface area contributed by atoms with Gasteiger partial charge in [0.05, 0.1) is 4.47 Å². The number of carboxylic acid groups (broad SMARTS) is 1. The van der Waals surface area contributed by atoms with E-state index in [9.17, 15) is 4.79 Å². The predicted octanol–water partition coefficient (Wildman–Crippen LogP) is 4.30. The molecule has 0 aliphatic carbocycles. The summed E-state index contributed by atoms with van der Waals surface area (Å²) in [6, 6.07) is 6.16. The molecule has 0 amide bonds. The Morgan fingerprint density at radius 2 is 2.16 bits per heavy atom. The molecular formula is C13H9BrClNO3. The maximum atomic E-state index is 11.1. The van der Waals surface area contributed by atoms with E-state index < -0.39 is 5.97 Å². The monoisotopic (exact) mass is 341 g/mol. The number of hydrogen-bond donors (Lipinski definition) is 1. The van der Waals surface area contributed by atoms with Gasteiger partial charge >= 0.3 is 5.97 Å². The van der Waals surface area contributed by atoms with Crippen LogP contribution in [0.25, 0.3) is 0 Å². The topological polar surface area (TPSA) is 59.4 Å². The minimum absolute atomic E-state index is 0.0266. The number of nitrogens with zero attached hydrogens (tertiary/aromatic N) is 1. The van der Waals surface area contributed by atoms with Gasteiger partial charge in [0, 0.05) is 17.3 Å². The van der Waals surface area contributed by atoms with Crippen LogP contribution >= 0.6 is 27.5 Å². The summed E-state index contributed by atoms with van der Waals surface area (Å²) >= 11 is 9.16. The van der Waals surface area contributed by atoms with Crippen LogP contribution in [0.5, 0.6) is 11.6 Å². The SMILES string of the molecule is Cc1cnc(Oc2cc(Cl)ccc2C(=O)O)c(Br)c1. The third-order valence-electron chi connectivity index (χ3n) is 2.32. The molecule has 1 heterocycles. The highest BCUT2D eigenvalue weighted by Gasteiger charge is 2.14. The summed E-state index contributed by atoms with van der Waals surface area (Å²) in [7, 11) is 0. The number of halogens is 2. The molecule has 2 aromatic rings. The Kier molecular flexibility index (Phi) is 4.07. The summed E-state index contributed by atoms with van der Waals surface area (Å²) in [5.41, 5.74) is 0.988. The molecule has 1 N–H and O–H groups in total. The molecule has 1 aromatic carbocycles. The number of ether oxygens (including phenoxy) is 1. The van der Waals surface area contributed by atoms with Crippen molar-refractivity contribution in [1.82, 2.24) is 4.98 Å². The average Bonchev–Trinajstić information content (AvgIpc) is 2.32. The molecule has 0 radical (unpaired) electrons. The van der Waals surface area contributed by atoms with Crippen molar-refractivity contribution in [2.45, 2.75) is 6.92 Å². The summed E-state index contributed by atoms with van der Waals surface area (Å²) in [4.78, 5) is 15.2. The molecule has 4 nitrogen and oxygen atoms in total. The van der Waals surface area contributed by atoms with E-state index in [2.05, 4.69) is 20.9 Å². The first kappa shape index (κ1) is 13.8. The quantitative estimate of drug-likeness (QED) is 0.903. The number of aromatic nitrogens is 1. The molecule has 0 bridgehead atoms. The third-order valence-corrected chi connectivity index (χ3v) is 3.13. The molecule has 0 unspecified atom stereocenters. The maximum absolute atomic E-state index is 11.1. The van der Waals surface area contributed by atoms with Crippen LogP contribution in [-0.2, 0) is 0 Å². The Bertz CT molecular complexity index is 646. The van der Waals surface area contributed by atoms with Gasteiger partial charge in [-0.05, 0) is 46.6 Å². The first-order chi connectivity index (χ1) is 8.97. The van der Waals surface area contributed by atoms with Gasteiger partial charge in [-0.3, -0.25) is 0 Å². The molecular weight excluding hydrogens is 334 g/mol. The minimum atomic E-state index is -1.09. The number of benzene rings is 1. The van der Waals surface area contributed by atoms with E-state index in [0.29, 0.717) is 9.50 Å². The van der Waals surface area contributed by atoms with Crippen LogP contribution < -0.4 is 4.74 Å². The Morgan fingerprint density at radius 1 is 1.42 bits per heavy atom. The Labute approximate surface area is 123 Å². The second kappa shape index (κ2) is 5.59. The minimum Gasteiger partial charge on any atom is -0.478 e. The van der Waals surface area contributed by atoms with Gasteiger partial charge in [0.25, 0.3) is 0 Å². The molecule has 0 spiro atoms. The van der Waals surface area contributed by atoms with Gasteiger partial charge < -0.3 is 9.84 Å². The van der Waals surface area contributed by atoms with Crippen molar-refractivity contribution < 1.29 is 14.6 Å². The Morgan fingerprint density at radius 3 is 2.79 bits per heavy atom. The summed E-state index contributed by atoms with van der Waals surface area (Å²) < 4.78 is 6.16. The fourth-order valence-corrected chi connectivity index (χ4v) is 2.16. The summed E-state index contributed by atoms with van der Waals surface area (Å²) in [5.74, 6) is -0.651. The van der Waals surface area contributed by atoms with E-state index in [-0.39, 0.29) is 17.2 Å². The van der Waals surface area contributed by atoms with Gasteiger partial charge in [0.15, 0.2) is 0 Å². The molecule has 98 valence electrons. The van der Waals surface area contributed by atoms with E-state index in [1.165, 1.54) is 18.2 Å². The van der Waals surface area contributed by atoms with Crippen molar-refractivity contribution in [3.05, 3.63) is 51.1 Å². The Hall–Kier alpha value is -1.59. The number of aryl methyl sites for hydroxylation is 1. The van der Waals surface area contributed by atoms with Crippen molar-refractivity contribution in [1.29, 1.82) is 0 Å². The van der Waals surface area contributed by atoms with Crippen LogP contribution in [0.4, 0.5) is 0 Å². The standard InChI is InChI=1S/C13H9BrClNO3/c1-7-4-10(14)12(16-6-7)19-11-5-8(15)2-3-9(11)13(17)18/h2-6H,1H3,(H,17,18). The average molecular weight is 343 g/mol. The fourth-order valence-electron chi connectivity index (χ4n) is 1.46. The zero-order chi connectivity index (χ0) is 14.0. The van der Waals surface area contributed by atoms with Crippen LogP contribution in [0.15, 0.2) is 34.9 Å². The second-order valence-electron chi connectivity index (χ2n) is 3.85. The largest absolute Gasteiger partial charge is 0.478 e. The summed E-state index contributed by atoms with van der Waals surface area (Å²) in [6.07, 6.45) is 1.63. The van der Waals surface area contributed by atoms with Crippen molar-refractivity contribution in [2.24, 2.45) is 0 Å². The van der Waals surface area contributed by atoms with Crippen LogP contribution in [0.3, 0.4) is 0 Å². The molecule has 0 saturated carbocycles. The first-order valence-electron chi connectivity index (χ1n) is 5.30. The molecule has 2 rings (SSSR count). The van der Waals surface area contributed by atoms with Crippen molar-refractivity contribution in [3.63, 3.8) is 0 Å². The van der Waals surface area contributed by atoms with Gasteiger partial charge in [0.2, 0.25) is 5.88 Å². The van der Waals surface area contributed by atoms with Gasteiger partial charge in [-0.2, -0.15) is 0 Å². The highest BCUT2D eigenvalue weighted by Crippen LogP contribution is 2.31. The molecule has 0 aliphatic heterocycles. The van der Waals surface area contributed by atoms with E-state index in [0.717, 1.165) is 5.56 Å². The lowest BCUT2D eigenvalue weighted by molar-refractivity contribution is 0.0694. The lowest BCUT2D eigenvalue weighted by Gasteiger charge is -2.10. The van der Waals surface area contributed by atoms with Crippen molar-refractivity contribution >= 4 is 33.5 Å². The lowest BCUT2D eigenvalue weighted by atomic mass is 10.2. The molecule has 1 aromatic heterocycles. The molecule has 0 aliphatic rings. The Balaban J connectivity index is 2.42. The van der Waals surface area contributed by atoms with E-state index in [4.69, 9.17) is 21.4 Å². The number of carbonyl (C=O) groups is 1. The predicted molar refractivity (Wildman–Crippen MR) is 75.2 cm³/mol.